The lowest BCUT2D eigenvalue weighted by Gasteiger charge is -2.17. The molecule has 0 heterocycles. The van der Waals surface area contributed by atoms with Gasteiger partial charge in [0, 0.05) is 12.3 Å². The second kappa shape index (κ2) is 9.43. The van der Waals surface area contributed by atoms with Gasteiger partial charge in [0.15, 0.2) is 0 Å². The lowest BCUT2D eigenvalue weighted by atomic mass is 10.0. The number of benzene rings is 1. The van der Waals surface area contributed by atoms with E-state index in [1.165, 1.54) is 11.8 Å². The highest BCUT2D eigenvalue weighted by Crippen LogP contribution is 2.13. The van der Waals surface area contributed by atoms with Crippen LogP contribution in [-0.4, -0.2) is 29.4 Å². The number of hydrogen-bond donors (Lipinski definition) is 2. The minimum absolute atomic E-state index is 0.0593. The number of carbonyl (C=O) groups is 1. The molecule has 2 unspecified atom stereocenters. The summed E-state index contributed by atoms with van der Waals surface area (Å²) in [5, 5.41) is 21.2. The summed E-state index contributed by atoms with van der Waals surface area (Å²) in [6.45, 7) is 4.30. The van der Waals surface area contributed by atoms with Crippen molar-refractivity contribution in [3.05, 3.63) is 35.4 Å². The fraction of sp³-hybridized carbons (Fsp3) is 0.500. The predicted molar refractivity (Wildman–Crippen MR) is 85.8 cm³/mol. The lowest BCUT2D eigenvalue weighted by Crippen LogP contribution is -2.36. The number of thioether (sulfide) groups is 1. The first-order valence-corrected chi connectivity index (χ1v) is 8.23. The molecular weight excluding hydrogens is 284 g/mol. The van der Waals surface area contributed by atoms with Crippen LogP contribution < -0.4 is 5.32 Å². The van der Waals surface area contributed by atoms with Crippen molar-refractivity contribution < 1.29 is 9.90 Å². The number of nitrogens with one attached hydrogen (secondary N) is 1. The number of nitriles is 1. The van der Waals surface area contributed by atoms with Crippen molar-refractivity contribution in [2.24, 2.45) is 5.92 Å². The summed E-state index contributed by atoms with van der Waals surface area (Å²) in [5.74, 6) is 1.23. The molecule has 2 N–H and O–H groups in total. The molecule has 21 heavy (non-hydrogen) atoms. The SMILES string of the molecule is CCC(C)C(O)CNC(=O)CSCc1ccc(C#N)cc1. The van der Waals surface area contributed by atoms with Crippen molar-refractivity contribution in [2.45, 2.75) is 32.1 Å². The lowest BCUT2D eigenvalue weighted by molar-refractivity contribution is -0.119. The van der Waals surface area contributed by atoms with Crippen LogP contribution in [0.3, 0.4) is 0 Å². The Labute approximate surface area is 130 Å². The molecule has 1 rings (SSSR count). The van der Waals surface area contributed by atoms with Gasteiger partial charge in [-0.05, 0) is 23.6 Å². The minimum atomic E-state index is -0.484. The zero-order valence-electron chi connectivity index (χ0n) is 12.5. The molecule has 0 spiro atoms. The van der Waals surface area contributed by atoms with E-state index in [9.17, 15) is 9.90 Å². The molecule has 0 fully saturated rings. The zero-order chi connectivity index (χ0) is 15.7. The summed E-state index contributed by atoms with van der Waals surface area (Å²) in [6, 6.07) is 9.43. The smallest absolute Gasteiger partial charge is 0.230 e. The van der Waals surface area contributed by atoms with Gasteiger partial charge in [0.2, 0.25) is 5.91 Å². The summed E-state index contributed by atoms with van der Waals surface area (Å²) in [4.78, 5) is 11.7. The molecule has 0 saturated heterocycles. The highest BCUT2D eigenvalue weighted by Gasteiger charge is 2.13. The van der Waals surface area contributed by atoms with Crippen LogP contribution in [0.4, 0.5) is 0 Å². The third kappa shape index (κ3) is 6.65. The van der Waals surface area contributed by atoms with Gasteiger partial charge in [0.1, 0.15) is 0 Å². The van der Waals surface area contributed by atoms with Gasteiger partial charge in [-0.1, -0.05) is 32.4 Å². The van der Waals surface area contributed by atoms with Crippen molar-refractivity contribution in [3.8, 4) is 6.07 Å². The van der Waals surface area contributed by atoms with Crippen molar-refractivity contribution in [3.63, 3.8) is 0 Å². The first-order chi connectivity index (χ1) is 10.1. The number of aliphatic hydroxyl groups excluding tert-OH is 1. The molecule has 0 bridgehead atoms. The summed E-state index contributed by atoms with van der Waals surface area (Å²) in [5.41, 5.74) is 1.73. The van der Waals surface area contributed by atoms with E-state index in [-0.39, 0.29) is 11.8 Å². The number of rotatable bonds is 8. The summed E-state index contributed by atoms with van der Waals surface area (Å²) in [6.07, 6.45) is 0.410. The van der Waals surface area contributed by atoms with E-state index in [0.717, 1.165) is 17.7 Å². The van der Waals surface area contributed by atoms with E-state index >= 15 is 0 Å². The molecule has 0 saturated carbocycles. The molecule has 0 radical (unpaired) electrons. The van der Waals surface area contributed by atoms with Gasteiger partial charge in [-0.25, -0.2) is 0 Å². The van der Waals surface area contributed by atoms with E-state index in [0.29, 0.717) is 17.9 Å². The Morgan fingerprint density at radius 3 is 2.67 bits per heavy atom. The maximum absolute atomic E-state index is 11.7. The Balaban J connectivity index is 2.22. The number of aliphatic hydroxyl groups is 1. The Bertz CT molecular complexity index is 482. The Morgan fingerprint density at radius 1 is 1.43 bits per heavy atom. The average molecular weight is 306 g/mol. The fourth-order valence-electron chi connectivity index (χ4n) is 1.68. The number of nitrogens with zero attached hydrogens (tertiary/aromatic N) is 1. The number of amides is 1. The average Bonchev–Trinajstić information content (AvgIpc) is 2.52. The van der Waals surface area contributed by atoms with Crippen LogP contribution in [-0.2, 0) is 10.5 Å². The summed E-state index contributed by atoms with van der Waals surface area (Å²) < 4.78 is 0. The van der Waals surface area contributed by atoms with Gasteiger partial charge in [0.05, 0.1) is 23.5 Å². The van der Waals surface area contributed by atoms with Crippen molar-refractivity contribution in [1.29, 1.82) is 5.26 Å². The topological polar surface area (TPSA) is 73.1 Å². The van der Waals surface area contributed by atoms with Crippen molar-refractivity contribution in [2.75, 3.05) is 12.3 Å². The molecule has 4 nitrogen and oxygen atoms in total. The third-order valence-electron chi connectivity index (χ3n) is 3.39. The molecule has 0 aliphatic carbocycles. The third-order valence-corrected chi connectivity index (χ3v) is 4.40. The van der Waals surface area contributed by atoms with E-state index in [1.54, 1.807) is 12.1 Å². The molecule has 1 aromatic carbocycles. The second-order valence-electron chi connectivity index (χ2n) is 5.06. The van der Waals surface area contributed by atoms with Gasteiger partial charge in [-0.2, -0.15) is 5.26 Å². The van der Waals surface area contributed by atoms with E-state index in [1.807, 2.05) is 26.0 Å². The Hall–Kier alpha value is -1.51. The van der Waals surface area contributed by atoms with Crippen molar-refractivity contribution >= 4 is 17.7 Å². The fourth-order valence-corrected chi connectivity index (χ4v) is 2.50. The van der Waals surface area contributed by atoms with Crippen LogP contribution in [0, 0.1) is 17.2 Å². The van der Waals surface area contributed by atoms with Gasteiger partial charge >= 0.3 is 0 Å². The largest absolute Gasteiger partial charge is 0.391 e. The van der Waals surface area contributed by atoms with Gasteiger partial charge in [0.25, 0.3) is 0 Å². The maximum Gasteiger partial charge on any atom is 0.230 e. The Kier molecular flexibility index (Phi) is 7.88. The van der Waals surface area contributed by atoms with Gasteiger partial charge < -0.3 is 10.4 Å². The van der Waals surface area contributed by atoms with E-state index < -0.39 is 6.10 Å². The van der Waals surface area contributed by atoms with Gasteiger partial charge in [-0.3, -0.25) is 4.79 Å². The van der Waals surface area contributed by atoms with Crippen LogP contribution in [0.15, 0.2) is 24.3 Å². The number of carbonyl (C=O) groups excluding carboxylic acids is 1. The predicted octanol–water partition coefficient (Wildman–Crippen LogP) is 2.31. The molecule has 0 aromatic heterocycles. The molecule has 0 aliphatic rings. The summed E-state index contributed by atoms with van der Waals surface area (Å²) >= 11 is 1.52. The molecular formula is C16H22N2O2S. The van der Waals surface area contributed by atoms with Crippen LogP contribution in [0.25, 0.3) is 0 Å². The van der Waals surface area contributed by atoms with Crippen LogP contribution in [0.5, 0.6) is 0 Å². The van der Waals surface area contributed by atoms with E-state index in [2.05, 4.69) is 11.4 Å². The quantitative estimate of drug-likeness (QED) is 0.773. The Morgan fingerprint density at radius 2 is 2.10 bits per heavy atom. The highest BCUT2D eigenvalue weighted by molar-refractivity contribution is 7.99. The van der Waals surface area contributed by atoms with E-state index in [4.69, 9.17) is 5.26 Å². The summed E-state index contributed by atoms with van der Waals surface area (Å²) in [7, 11) is 0. The molecule has 1 aromatic rings. The standard InChI is InChI=1S/C16H22N2O2S/c1-3-12(2)15(19)9-18-16(20)11-21-10-14-6-4-13(8-17)5-7-14/h4-7,12,15,19H,3,9-11H2,1-2H3,(H,18,20). The molecule has 2 atom stereocenters. The van der Waals surface area contributed by atoms with Crippen LogP contribution >= 0.6 is 11.8 Å². The van der Waals surface area contributed by atoms with Crippen molar-refractivity contribution in [1.82, 2.24) is 5.32 Å². The van der Waals surface area contributed by atoms with Crippen LogP contribution in [0.2, 0.25) is 0 Å². The molecule has 1 amide bonds. The normalized spacial score (nSPS) is 13.2. The van der Waals surface area contributed by atoms with Crippen LogP contribution in [0.1, 0.15) is 31.4 Å². The highest BCUT2D eigenvalue weighted by atomic mass is 32.2. The monoisotopic (exact) mass is 306 g/mol. The number of hydrogen-bond acceptors (Lipinski definition) is 4. The first kappa shape index (κ1) is 17.5. The molecule has 114 valence electrons. The minimum Gasteiger partial charge on any atom is -0.391 e. The van der Waals surface area contributed by atoms with Gasteiger partial charge in [-0.15, -0.1) is 11.8 Å². The molecule has 5 heteroatoms. The maximum atomic E-state index is 11.7. The first-order valence-electron chi connectivity index (χ1n) is 7.08. The zero-order valence-corrected chi connectivity index (χ0v) is 13.3. The molecule has 0 aliphatic heterocycles. The second-order valence-corrected chi connectivity index (χ2v) is 6.04.